The summed E-state index contributed by atoms with van der Waals surface area (Å²) in [4.78, 5) is 38.3. The van der Waals surface area contributed by atoms with Crippen LogP contribution in [-0.2, 0) is 14.3 Å². The van der Waals surface area contributed by atoms with Gasteiger partial charge in [-0.25, -0.2) is 4.98 Å². The van der Waals surface area contributed by atoms with Crippen LogP contribution < -0.4 is 21.3 Å². The van der Waals surface area contributed by atoms with Crippen molar-refractivity contribution in [1.29, 1.82) is 0 Å². The van der Waals surface area contributed by atoms with Gasteiger partial charge in [0.2, 0.25) is 11.9 Å². The summed E-state index contributed by atoms with van der Waals surface area (Å²) < 4.78 is 7.34. The number of anilines is 2. The predicted octanol–water partition coefficient (Wildman–Crippen LogP) is 1.13. The lowest BCUT2D eigenvalue weighted by Crippen LogP contribution is -2.42. The van der Waals surface area contributed by atoms with Crippen LogP contribution in [0.1, 0.15) is 36.6 Å². The van der Waals surface area contributed by atoms with Gasteiger partial charge in [-0.2, -0.15) is 9.97 Å². The summed E-state index contributed by atoms with van der Waals surface area (Å²) in [7, 11) is 0. The number of fused-ring (bicyclic) bond motifs is 1. The molecule has 1 unspecified atom stereocenters. The zero-order valence-corrected chi connectivity index (χ0v) is 23.6. The number of nitrogens with zero attached hydrogens (tertiary/aromatic N) is 4. The number of likely N-dealkylation sites (N-methyl/N-ethyl adjacent to an activating group) is 1. The monoisotopic (exact) mass is 586 g/mol. The maximum atomic E-state index is 12.5. The molecule has 13 heteroatoms. The van der Waals surface area contributed by atoms with Crippen LogP contribution in [0.5, 0.6) is 0 Å². The second kappa shape index (κ2) is 12.3. The molecule has 4 heterocycles. The Balaban J connectivity index is 1.35. The van der Waals surface area contributed by atoms with Crippen LogP contribution in [0.2, 0.25) is 0 Å². The van der Waals surface area contributed by atoms with E-state index in [9.17, 15) is 19.8 Å². The van der Waals surface area contributed by atoms with Crippen LogP contribution in [-0.4, -0.2) is 85.5 Å². The van der Waals surface area contributed by atoms with Crippen molar-refractivity contribution < 1.29 is 24.5 Å². The summed E-state index contributed by atoms with van der Waals surface area (Å²) in [5.74, 6) is 0.0988. The van der Waals surface area contributed by atoms with E-state index in [4.69, 9.17) is 9.72 Å². The van der Waals surface area contributed by atoms with E-state index < -0.39 is 30.4 Å². The Morgan fingerprint density at radius 3 is 2.40 bits per heavy atom. The third-order valence-electron chi connectivity index (χ3n) is 7.73. The molecule has 2 aliphatic heterocycles. The first-order valence-corrected chi connectivity index (χ1v) is 14.3. The molecule has 4 aromatic rings. The van der Waals surface area contributed by atoms with E-state index in [1.54, 1.807) is 6.92 Å². The molecule has 2 amide bonds. The van der Waals surface area contributed by atoms with Crippen LogP contribution in [0.15, 0.2) is 67.0 Å². The van der Waals surface area contributed by atoms with Crippen molar-refractivity contribution in [2.75, 3.05) is 30.3 Å². The Morgan fingerprint density at radius 2 is 1.77 bits per heavy atom. The van der Waals surface area contributed by atoms with Gasteiger partial charge in [-0.3, -0.25) is 14.2 Å². The van der Waals surface area contributed by atoms with Crippen molar-refractivity contribution in [3.8, 4) is 0 Å². The highest BCUT2D eigenvalue weighted by atomic mass is 16.6. The number of imidazole rings is 1. The Labute approximate surface area is 247 Å². The highest BCUT2D eigenvalue weighted by Crippen LogP contribution is 2.34. The molecule has 0 radical (unpaired) electrons. The minimum Gasteiger partial charge on any atom is -0.387 e. The highest BCUT2D eigenvalue weighted by molar-refractivity contribution is 5.85. The van der Waals surface area contributed by atoms with Gasteiger partial charge in [0.05, 0.1) is 12.4 Å². The van der Waals surface area contributed by atoms with Crippen molar-refractivity contribution in [3.05, 3.63) is 78.1 Å². The number of hydrogen-bond donors (Lipinski definition) is 6. The zero-order valence-electron chi connectivity index (χ0n) is 23.6. The first-order chi connectivity index (χ1) is 20.9. The lowest BCUT2D eigenvalue weighted by atomic mass is 9.91. The predicted molar refractivity (Wildman–Crippen MR) is 158 cm³/mol. The number of aromatic nitrogens is 4. The molecule has 2 aromatic carbocycles. The Morgan fingerprint density at radius 1 is 1.07 bits per heavy atom. The van der Waals surface area contributed by atoms with Crippen molar-refractivity contribution in [3.63, 3.8) is 0 Å². The van der Waals surface area contributed by atoms with E-state index in [1.807, 2.05) is 36.4 Å². The summed E-state index contributed by atoms with van der Waals surface area (Å²) in [6.07, 6.45) is -3.52. The van der Waals surface area contributed by atoms with Crippen molar-refractivity contribution >= 4 is 34.7 Å². The van der Waals surface area contributed by atoms with E-state index >= 15 is 0 Å². The average Bonchev–Trinajstić information content (AvgIpc) is 3.71. The summed E-state index contributed by atoms with van der Waals surface area (Å²) in [6.45, 7) is 3.01. The van der Waals surface area contributed by atoms with E-state index in [1.165, 1.54) is 10.9 Å². The molecule has 43 heavy (non-hydrogen) atoms. The SMILES string of the molecule is CCNC(=O)[C@H]1O[C@@H](n2cnc3c(NCC(c4ccccc4)c4ccccc4)nc(NC4CNC(=O)C4)nc32)[C@H](O)[C@@H]1O. The normalized spacial score (nSPS) is 23.4. The van der Waals surface area contributed by atoms with Crippen LogP contribution in [0.3, 0.4) is 0 Å². The number of ether oxygens (including phenoxy) is 1. The van der Waals surface area contributed by atoms with Gasteiger partial charge in [-0.15, -0.1) is 0 Å². The molecular weight excluding hydrogens is 552 g/mol. The summed E-state index contributed by atoms with van der Waals surface area (Å²) in [6, 6.07) is 20.1. The first-order valence-electron chi connectivity index (χ1n) is 14.3. The topological polar surface area (TPSA) is 176 Å². The average molecular weight is 587 g/mol. The standard InChI is InChI=1S/C30H34N8O5/c1-2-31-28(42)25-23(40)24(41)29(43-25)38-16-34-22-26(36-30(37-27(22)38)35-19-13-21(39)32-14-19)33-15-20(17-9-5-3-6-10-17)18-11-7-4-8-12-18/h3-12,16,19-20,23-25,29,40-41H,2,13-15H2,1H3,(H,31,42)(H,32,39)(H2,33,35,36,37)/t19?,23-,24+,25-,29+/m0/s1. The van der Waals surface area contributed by atoms with Crippen molar-refractivity contribution in [1.82, 2.24) is 30.2 Å². The fourth-order valence-corrected chi connectivity index (χ4v) is 5.56. The van der Waals surface area contributed by atoms with Gasteiger partial charge in [0.15, 0.2) is 29.3 Å². The van der Waals surface area contributed by atoms with Crippen LogP contribution in [0, 0.1) is 0 Å². The number of nitrogens with one attached hydrogen (secondary N) is 4. The largest absolute Gasteiger partial charge is 0.387 e. The number of hydrogen-bond acceptors (Lipinski definition) is 10. The molecule has 13 nitrogen and oxygen atoms in total. The maximum Gasteiger partial charge on any atom is 0.252 e. The third-order valence-corrected chi connectivity index (χ3v) is 7.73. The molecule has 2 saturated heterocycles. The highest BCUT2D eigenvalue weighted by Gasteiger charge is 2.47. The van der Waals surface area contributed by atoms with Gasteiger partial charge in [0.25, 0.3) is 5.91 Å². The van der Waals surface area contributed by atoms with E-state index in [0.29, 0.717) is 36.6 Å². The molecule has 6 N–H and O–H groups in total. The Kier molecular flexibility index (Phi) is 8.18. The number of amides is 2. The number of aliphatic hydroxyl groups is 2. The lowest BCUT2D eigenvalue weighted by Gasteiger charge is -2.20. The molecule has 0 bridgehead atoms. The molecular formula is C30H34N8O5. The third kappa shape index (κ3) is 5.87. The molecule has 2 fully saturated rings. The minimum atomic E-state index is -1.45. The summed E-state index contributed by atoms with van der Waals surface area (Å²) in [5.41, 5.74) is 2.98. The number of benzene rings is 2. The number of carbonyl (C=O) groups excluding carboxylic acids is 2. The van der Waals surface area contributed by atoms with E-state index in [0.717, 1.165) is 11.1 Å². The summed E-state index contributed by atoms with van der Waals surface area (Å²) >= 11 is 0. The molecule has 224 valence electrons. The molecule has 5 atom stereocenters. The number of carbonyl (C=O) groups is 2. The van der Waals surface area contributed by atoms with E-state index in [-0.39, 0.29) is 30.2 Å². The van der Waals surface area contributed by atoms with Gasteiger partial charge in [-0.05, 0) is 18.1 Å². The van der Waals surface area contributed by atoms with Gasteiger partial charge >= 0.3 is 0 Å². The molecule has 2 aromatic heterocycles. The fraction of sp³-hybridized carbons (Fsp3) is 0.367. The first kappa shape index (κ1) is 28.5. The van der Waals surface area contributed by atoms with Gasteiger partial charge in [0.1, 0.15) is 12.2 Å². The molecule has 0 aliphatic carbocycles. The van der Waals surface area contributed by atoms with Crippen LogP contribution in [0.4, 0.5) is 11.8 Å². The Bertz CT molecular complexity index is 1540. The second-order valence-corrected chi connectivity index (χ2v) is 10.6. The van der Waals surface area contributed by atoms with Crippen molar-refractivity contribution in [2.45, 2.75) is 49.8 Å². The molecule has 6 rings (SSSR count). The Hall–Kier alpha value is -4.59. The van der Waals surface area contributed by atoms with Crippen LogP contribution >= 0.6 is 0 Å². The number of aliphatic hydroxyl groups excluding tert-OH is 2. The van der Waals surface area contributed by atoms with Crippen molar-refractivity contribution in [2.24, 2.45) is 0 Å². The zero-order chi connectivity index (χ0) is 29.9. The van der Waals surface area contributed by atoms with Gasteiger partial charge < -0.3 is 36.2 Å². The number of rotatable bonds is 10. The fourth-order valence-electron chi connectivity index (χ4n) is 5.56. The van der Waals surface area contributed by atoms with Crippen LogP contribution in [0.25, 0.3) is 11.2 Å². The second-order valence-electron chi connectivity index (χ2n) is 10.6. The minimum absolute atomic E-state index is 0.00413. The molecule has 0 spiro atoms. The lowest BCUT2D eigenvalue weighted by molar-refractivity contribution is -0.137. The quantitative estimate of drug-likeness (QED) is 0.158. The molecule has 2 aliphatic rings. The van der Waals surface area contributed by atoms with Gasteiger partial charge in [0, 0.05) is 32.0 Å². The smallest absolute Gasteiger partial charge is 0.252 e. The molecule has 0 saturated carbocycles. The van der Waals surface area contributed by atoms with E-state index in [2.05, 4.69) is 55.5 Å². The summed E-state index contributed by atoms with van der Waals surface area (Å²) in [5, 5.41) is 33.6. The maximum absolute atomic E-state index is 12.5. The van der Waals surface area contributed by atoms with Gasteiger partial charge in [-0.1, -0.05) is 60.7 Å².